The van der Waals surface area contributed by atoms with Crippen LogP contribution >= 0.6 is 0 Å². The van der Waals surface area contributed by atoms with E-state index >= 15 is 0 Å². The minimum atomic E-state index is -2.05. The summed E-state index contributed by atoms with van der Waals surface area (Å²) >= 11 is 0. The Labute approximate surface area is 439 Å². The van der Waals surface area contributed by atoms with E-state index in [0.29, 0.717) is 0 Å². The summed E-state index contributed by atoms with van der Waals surface area (Å²) in [6.07, 6.45) is 0. The predicted molar refractivity (Wildman–Crippen MR) is 263 cm³/mol. The van der Waals surface area contributed by atoms with Crippen LogP contribution in [-0.2, 0) is 52.1 Å². The van der Waals surface area contributed by atoms with Crippen LogP contribution in [0, 0.1) is 10.8 Å². The average molecular weight is 1060 g/mol. The second kappa shape index (κ2) is 27.9. The second-order valence-electron chi connectivity index (χ2n) is 16.7. The van der Waals surface area contributed by atoms with Crippen LogP contribution in [0.15, 0.2) is 121 Å². The summed E-state index contributed by atoms with van der Waals surface area (Å²) in [4.78, 5) is 133. The summed E-state index contributed by atoms with van der Waals surface area (Å²) < 4.78 is 59.1. The number of hydrogen-bond acceptors (Lipinski definition) is 22. The lowest BCUT2D eigenvalue weighted by Crippen LogP contribution is -2.46. The van der Waals surface area contributed by atoms with E-state index in [1.54, 1.807) is 0 Å². The first-order chi connectivity index (χ1) is 37.0. The van der Waals surface area contributed by atoms with Crippen LogP contribution in [0.3, 0.4) is 0 Å². The zero-order valence-electron chi connectivity index (χ0n) is 42.2. The molecule has 0 spiro atoms. The highest BCUT2D eigenvalue weighted by Gasteiger charge is 2.41. The van der Waals surface area contributed by atoms with Gasteiger partial charge in [0, 0.05) is 0 Å². The molecule has 22 heteroatoms. The fourth-order valence-electron chi connectivity index (χ4n) is 7.22. The van der Waals surface area contributed by atoms with Crippen LogP contribution in [0.5, 0.6) is 0 Å². The van der Waals surface area contributed by atoms with Gasteiger partial charge in [0.15, 0.2) is 0 Å². The third-order valence-electron chi connectivity index (χ3n) is 11.5. The van der Waals surface area contributed by atoms with Crippen LogP contribution in [0.2, 0.25) is 0 Å². The molecular weight excluding hydrogens is 1010 g/mol. The molecule has 0 aliphatic carbocycles. The van der Waals surface area contributed by atoms with Gasteiger partial charge in [-0.05, 0) is 60.7 Å². The van der Waals surface area contributed by atoms with E-state index in [1.165, 1.54) is 121 Å². The smallest absolute Gasteiger partial charge is 0.339 e. The Morgan fingerprint density at radius 3 is 0.636 bits per heavy atom. The molecule has 0 atom stereocenters. The van der Waals surface area contributed by atoms with Crippen LogP contribution in [0.1, 0.15) is 104 Å². The molecule has 0 saturated carbocycles. The molecule has 0 aromatic heterocycles. The molecule has 1 N–H and O–H groups in total. The summed E-state index contributed by atoms with van der Waals surface area (Å²) in [6.45, 7) is -6.85. The van der Waals surface area contributed by atoms with Gasteiger partial charge in [-0.1, -0.05) is 60.7 Å². The Bertz CT molecular complexity index is 2740. The first kappa shape index (κ1) is 58.6. The van der Waals surface area contributed by atoms with Crippen LogP contribution < -0.4 is 0 Å². The first-order valence-electron chi connectivity index (χ1n) is 22.9. The topological polar surface area (TPSA) is 292 Å². The number of methoxy groups -OCH3 is 5. The van der Waals surface area contributed by atoms with Crippen LogP contribution in [-0.4, -0.2) is 153 Å². The summed E-state index contributed by atoms with van der Waals surface area (Å²) in [5.41, 5.74) is -6.36. The summed E-state index contributed by atoms with van der Waals surface area (Å²) in [6, 6.07) is 27.2. The van der Waals surface area contributed by atoms with Crippen LogP contribution in [0.4, 0.5) is 0 Å². The molecule has 77 heavy (non-hydrogen) atoms. The van der Waals surface area contributed by atoms with Crippen molar-refractivity contribution in [3.63, 3.8) is 0 Å². The quantitative estimate of drug-likeness (QED) is 0.0581. The molecule has 5 aromatic carbocycles. The lowest BCUT2D eigenvalue weighted by molar-refractivity contribution is -0.110. The molecule has 5 aromatic rings. The molecular formula is C55H52O22. The van der Waals surface area contributed by atoms with Crippen molar-refractivity contribution in [2.45, 2.75) is 0 Å². The fourth-order valence-corrected chi connectivity index (χ4v) is 7.22. The highest BCUT2D eigenvalue weighted by molar-refractivity contribution is 6.06. The third kappa shape index (κ3) is 15.0. The highest BCUT2D eigenvalue weighted by atomic mass is 16.6. The van der Waals surface area contributed by atoms with Gasteiger partial charge in [-0.15, -0.1) is 0 Å². The van der Waals surface area contributed by atoms with Crippen molar-refractivity contribution in [2.24, 2.45) is 10.8 Å². The zero-order valence-corrected chi connectivity index (χ0v) is 42.2. The third-order valence-corrected chi connectivity index (χ3v) is 11.5. The van der Waals surface area contributed by atoms with E-state index in [1.807, 2.05) is 0 Å². The number of ether oxygens (including phenoxy) is 11. The van der Waals surface area contributed by atoms with Gasteiger partial charge in [-0.3, -0.25) is 0 Å². The molecule has 0 unspecified atom stereocenters. The molecule has 0 amide bonds. The van der Waals surface area contributed by atoms with Crippen molar-refractivity contribution >= 4 is 59.7 Å². The number of carbonyl (C=O) groups is 10. The maximum Gasteiger partial charge on any atom is 0.339 e. The van der Waals surface area contributed by atoms with E-state index in [4.69, 9.17) is 52.1 Å². The number of esters is 10. The molecule has 0 bridgehead atoms. The van der Waals surface area contributed by atoms with Gasteiger partial charge in [-0.25, -0.2) is 47.9 Å². The van der Waals surface area contributed by atoms with Gasteiger partial charge in [0.1, 0.15) is 33.0 Å². The van der Waals surface area contributed by atoms with E-state index in [-0.39, 0.29) is 55.6 Å². The van der Waals surface area contributed by atoms with Gasteiger partial charge in [0.2, 0.25) is 0 Å². The Morgan fingerprint density at radius 1 is 0.286 bits per heavy atom. The Hall–Kier alpha value is -9.28. The second-order valence-corrected chi connectivity index (χ2v) is 16.7. The number of aliphatic hydroxyl groups excluding tert-OH is 1. The highest BCUT2D eigenvalue weighted by Crippen LogP contribution is 2.29. The largest absolute Gasteiger partial charge is 0.465 e. The Kier molecular flexibility index (Phi) is 21.2. The van der Waals surface area contributed by atoms with Crippen molar-refractivity contribution in [3.8, 4) is 0 Å². The van der Waals surface area contributed by atoms with E-state index < -0.39 is 123 Å². The van der Waals surface area contributed by atoms with Gasteiger partial charge >= 0.3 is 59.7 Å². The molecule has 0 aliphatic rings. The molecule has 404 valence electrons. The standard InChI is InChI=1S/C55H52O22/c1-67-44(57)34-16-6-11-21-39(34)49(62)73-29-54(26-56,30-74-50(63)40-22-12-7-17-35(40)45(58)68-2)27-72-28-55(31-75-51(64)41-23-13-8-18-36(41)46(59)69-3,32-76-52(65)42-24-14-9-19-37(42)47(60)70-4)33-77-53(66)43-25-15-10-20-38(43)48(61)71-5/h6-25,56H,26-33H2,1-5H3. The number of carbonyl (C=O) groups excluding carboxylic acids is 10. The van der Waals surface area contributed by atoms with Crippen molar-refractivity contribution in [3.05, 3.63) is 177 Å². The number of aliphatic hydroxyl groups is 1. The Morgan fingerprint density at radius 2 is 0.455 bits per heavy atom. The van der Waals surface area contributed by atoms with E-state index in [9.17, 15) is 53.1 Å². The van der Waals surface area contributed by atoms with Crippen LogP contribution in [0.25, 0.3) is 0 Å². The molecule has 5 rings (SSSR count). The van der Waals surface area contributed by atoms with Gasteiger partial charge < -0.3 is 57.2 Å². The summed E-state index contributed by atoms with van der Waals surface area (Å²) in [7, 11) is 5.45. The maximum atomic E-state index is 14.0. The van der Waals surface area contributed by atoms with Crippen molar-refractivity contribution < 1.29 is 105 Å². The van der Waals surface area contributed by atoms with Gasteiger partial charge in [-0.2, -0.15) is 0 Å². The number of hydrogen-bond donors (Lipinski definition) is 1. The molecule has 0 saturated heterocycles. The molecule has 22 nitrogen and oxygen atoms in total. The number of benzene rings is 5. The number of rotatable bonds is 25. The SMILES string of the molecule is COC(=O)c1ccccc1C(=O)OCC(CO)(COCC(COC(=O)c1ccccc1C(=O)OC)(COC(=O)c1ccccc1C(=O)OC)COC(=O)c1ccccc1C(=O)OC)COC(=O)c1ccccc1C(=O)OC. The summed E-state index contributed by atoms with van der Waals surface area (Å²) in [5.74, 6) is -10.1. The minimum absolute atomic E-state index is 0.183. The molecule has 0 radical (unpaired) electrons. The normalized spacial score (nSPS) is 10.9. The van der Waals surface area contributed by atoms with Crippen molar-refractivity contribution in [2.75, 3.05) is 88.4 Å². The fraction of sp³-hybridized carbons (Fsp3) is 0.273. The minimum Gasteiger partial charge on any atom is -0.465 e. The molecule has 0 heterocycles. The Balaban J connectivity index is 1.59. The van der Waals surface area contributed by atoms with Crippen molar-refractivity contribution in [1.29, 1.82) is 0 Å². The van der Waals surface area contributed by atoms with Crippen molar-refractivity contribution in [1.82, 2.24) is 0 Å². The zero-order chi connectivity index (χ0) is 56.1. The van der Waals surface area contributed by atoms with E-state index in [2.05, 4.69) is 0 Å². The average Bonchev–Trinajstić information content (AvgIpc) is 3.48. The summed E-state index contributed by atoms with van der Waals surface area (Å²) in [5, 5.41) is 11.2. The first-order valence-corrected chi connectivity index (χ1v) is 22.9. The lowest BCUT2D eigenvalue weighted by Gasteiger charge is -2.35. The maximum absolute atomic E-state index is 14.0. The predicted octanol–water partition coefficient (Wildman–Crippen LogP) is 5.19. The lowest BCUT2D eigenvalue weighted by atomic mass is 9.90. The molecule has 0 fully saturated rings. The monoisotopic (exact) mass is 1060 g/mol. The van der Waals surface area contributed by atoms with E-state index in [0.717, 1.165) is 35.5 Å². The molecule has 0 aliphatic heterocycles. The van der Waals surface area contributed by atoms with Gasteiger partial charge in [0.25, 0.3) is 0 Å². The van der Waals surface area contributed by atoms with Gasteiger partial charge in [0.05, 0.1) is 122 Å².